The number of hydrogen-bond acceptors (Lipinski definition) is 8. The van der Waals surface area contributed by atoms with Crippen molar-refractivity contribution in [3.05, 3.63) is 71.8 Å². The van der Waals surface area contributed by atoms with E-state index in [1.807, 2.05) is 116 Å². The number of benzene rings is 2. The molecule has 5 atom stereocenters. The number of nitrogens with one attached hydrogen (secondary N) is 4. The van der Waals surface area contributed by atoms with Gasteiger partial charge in [-0.05, 0) is 55.6 Å². The first-order valence-electron chi connectivity index (χ1n) is 18.6. The maximum absolute atomic E-state index is 14.1. The highest BCUT2D eigenvalue weighted by atomic mass is 127. The number of morpholine rings is 1. The average molecular weight is 848 g/mol. The fraction of sp³-hybridized carbons (Fsp3) is 0.575. The van der Waals surface area contributed by atoms with E-state index in [0.29, 0.717) is 45.6 Å². The molecule has 0 spiro atoms. The third-order valence-electron chi connectivity index (χ3n) is 9.07. The number of ketones is 1. The van der Waals surface area contributed by atoms with Crippen LogP contribution in [0.4, 0.5) is 0 Å². The number of nitrogens with zero attached hydrogens (tertiary/aromatic N) is 1. The Labute approximate surface area is 328 Å². The van der Waals surface area contributed by atoms with Crippen molar-refractivity contribution in [1.29, 1.82) is 0 Å². The molecule has 0 radical (unpaired) electrons. The van der Waals surface area contributed by atoms with Gasteiger partial charge in [-0.15, -0.1) is 0 Å². The molecule has 53 heavy (non-hydrogen) atoms. The molecule has 1 unspecified atom stereocenters. The molecule has 3 rings (SSSR count). The van der Waals surface area contributed by atoms with E-state index >= 15 is 0 Å². The molecule has 2 aromatic carbocycles. The molecule has 1 saturated heterocycles. The number of carbonyl (C=O) groups excluding carboxylic acids is 5. The fourth-order valence-electron chi connectivity index (χ4n) is 6.15. The van der Waals surface area contributed by atoms with Crippen LogP contribution in [0.15, 0.2) is 60.7 Å². The molecule has 1 fully saturated rings. The smallest absolute Gasteiger partial charge is 0.243 e. The van der Waals surface area contributed by atoms with Crippen molar-refractivity contribution in [2.45, 2.75) is 96.5 Å². The van der Waals surface area contributed by atoms with Crippen LogP contribution in [0.5, 0.6) is 0 Å². The second-order valence-electron chi connectivity index (χ2n) is 14.9. The molecule has 292 valence electrons. The van der Waals surface area contributed by atoms with Crippen LogP contribution in [0.3, 0.4) is 0 Å². The summed E-state index contributed by atoms with van der Waals surface area (Å²) < 4.78 is 5.55. The summed E-state index contributed by atoms with van der Waals surface area (Å²) in [6.07, 6.45) is 1.54. The molecule has 1 aliphatic heterocycles. The lowest BCUT2D eigenvalue weighted by molar-refractivity contribution is -0.139. The van der Waals surface area contributed by atoms with Gasteiger partial charge in [0.05, 0.1) is 25.8 Å². The van der Waals surface area contributed by atoms with E-state index in [0.717, 1.165) is 11.1 Å². The predicted octanol–water partition coefficient (Wildman–Crippen LogP) is 2.98. The van der Waals surface area contributed by atoms with Gasteiger partial charge in [0.2, 0.25) is 23.6 Å². The Bertz CT molecular complexity index is 1470. The summed E-state index contributed by atoms with van der Waals surface area (Å²) in [5.74, 6) is -2.39. The first kappa shape index (κ1) is 44.0. The largest absolute Gasteiger partial charge is 0.381 e. The summed E-state index contributed by atoms with van der Waals surface area (Å²) in [5, 5.41) is 22.3. The Morgan fingerprint density at radius 2 is 1.23 bits per heavy atom. The topological polar surface area (TPSA) is 166 Å². The van der Waals surface area contributed by atoms with E-state index in [9.17, 15) is 29.1 Å². The monoisotopic (exact) mass is 847 g/mol. The molecule has 1 heterocycles. The summed E-state index contributed by atoms with van der Waals surface area (Å²) in [5.41, 5.74) is 0.146. The standard InChI is InChI=1S/C40H58IN5O7/c1-27(2)22-32(36(48)40(5,52)26-41)43-39(51)34(24-30-14-10-7-11-15-30)45-38(50)33(23-28(3)4)44-37(49)31(17-16-29-12-8-6-9-13-29)42-35(47)25-46-18-20-53-21-19-46/h6-15,27-28,31-34,52H,16-26H2,1-5H3,(H,42,47)(H,43,51)(H,44,49)(H,45,50)/t31-,32-,33-,34-,40?/m0/s1. The number of aliphatic hydroxyl groups is 1. The number of carbonyl (C=O) groups is 5. The van der Waals surface area contributed by atoms with Gasteiger partial charge in [0, 0.05) is 23.9 Å². The zero-order chi connectivity index (χ0) is 39.0. The molecule has 0 bridgehead atoms. The molecule has 12 nitrogen and oxygen atoms in total. The van der Waals surface area contributed by atoms with Crippen molar-refractivity contribution >= 4 is 52.0 Å². The Morgan fingerprint density at radius 1 is 0.736 bits per heavy atom. The van der Waals surface area contributed by atoms with Crippen molar-refractivity contribution in [3.8, 4) is 0 Å². The number of aryl methyl sites for hydroxylation is 1. The lowest BCUT2D eigenvalue weighted by atomic mass is 9.91. The lowest BCUT2D eigenvalue weighted by Crippen LogP contribution is -2.60. The van der Waals surface area contributed by atoms with Gasteiger partial charge in [0.1, 0.15) is 23.7 Å². The SMILES string of the molecule is CC(C)C[C@H](NC(=O)[C@H](CCc1ccccc1)NC(=O)CN1CCOCC1)C(=O)N[C@@H](Cc1ccccc1)C(=O)N[C@@H](CC(C)C)C(=O)C(C)(O)CI. The summed E-state index contributed by atoms with van der Waals surface area (Å²) in [7, 11) is 0. The molecule has 0 aliphatic carbocycles. The molecule has 0 aromatic heterocycles. The van der Waals surface area contributed by atoms with Crippen LogP contribution in [0.1, 0.15) is 65.0 Å². The van der Waals surface area contributed by atoms with Gasteiger partial charge in [-0.2, -0.15) is 0 Å². The Hall–Kier alpha value is -3.40. The van der Waals surface area contributed by atoms with Gasteiger partial charge >= 0.3 is 0 Å². The third kappa shape index (κ3) is 15.5. The van der Waals surface area contributed by atoms with Crippen LogP contribution in [-0.4, -0.2) is 106 Å². The zero-order valence-electron chi connectivity index (χ0n) is 31.7. The third-order valence-corrected chi connectivity index (χ3v) is 10.6. The molecule has 4 amide bonds. The highest BCUT2D eigenvalue weighted by molar-refractivity contribution is 14.1. The van der Waals surface area contributed by atoms with Crippen molar-refractivity contribution in [2.24, 2.45) is 11.8 Å². The van der Waals surface area contributed by atoms with Crippen molar-refractivity contribution in [1.82, 2.24) is 26.2 Å². The summed E-state index contributed by atoms with van der Waals surface area (Å²) >= 11 is 1.94. The van der Waals surface area contributed by atoms with Gasteiger partial charge in [-0.25, -0.2) is 0 Å². The Balaban J connectivity index is 1.84. The second-order valence-corrected chi connectivity index (χ2v) is 15.7. The number of hydrogen-bond donors (Lipinski definition) is 5. The van der Waals surface area contributed by atoms with Crippen LogP contribution in [0, 0.1) is 11.8 Å². The van der Waals surface area contributed by atoms with Crippen molar-refractivity contribution in [3.63, 3.8) is 0 Å². The fourth-order valence-corrected chi connectivity index (χ4v) is 6.53. The highest BCUT2D eigenvalue weighted by Gasteiger charge is 2.38. The van der Waals surface area contributed by atoms with E-state index in [1.165, 1.54) is 6.92 Å². The minimum absolute atomic E-state index is 0.00492. The van der Waals surface area contributed by atoms with E-state index in [4.69, 9.17) is 4.74 Å². The molecular weight excluding hydrogens is 789 g/mol. The van der Waals surface area contributed by atoms with Gasteiger partial charge in [-0.3, -0.25) is 28.9 Å². The van der Waals surface area contributed by atoms with E-state index in [1.54, 1.807) is 0 Å². The van der Waals surface area contributed by atoms with Crippen LogP contribution in [0.2, 0.25) is 0 Å². The minimum atomic E-state index is -1.65. The van der Waals surface area contributed by atoms with Gasteiger partial charge in [0.25, 0.3) is 0 Å². The van der Waals surface area contributed by atoms with E-state index < -0.39 is 53.3 Å². The Morgan fingerprint density at radius 3 is 1.79 bits per heavy atom. The number of alkyl halides is 1. The average Bonchev–Trinajstić information content (AvgIpc) is 3.12. The summed E-state index contributed by atoms with van der Waals surface area (Å²) in [4.78, 5) is 70.5. The van der Waals surface area contributed by atoms with Crippen LogP contribution < -0.4 is 21.3 Å². The maximum atomic E-state index is 14.1. The van der Waals surface area contributed by atoms with Gasteiger partial charge in [-0.1, -0.05) is 111 Å². The molecule has 5 N–H and O–H groups in total. The first-order valence-corrected chi connectivity index (χ1v) is 20.1. The predicted molar refractivity (Wildman–Crippen MR) is 213 cm³/mol. The zero-order valence-corrected chi connectivity index (χ0v) is 33.9. The molecule has 13 heteroatoms. The van der Waals surface area contributed by atoms with E-state index in [2.05, 4.69) is 21.3 Å². The number of halogens is 1. The Kier molecular flexibility index (Phi) is 18.3. The lowest BCUT2D eigenvalue weighted by Gasteiger charge is -2.30. The number of ether oxygens (including phenoxy) is 1. The van der Waals surface area contributed by atoms with E-state index in [-0.39, 0.29) is 41.6 Å². The van der Waals surface area contributed by atoms with Crippen LogP contribution in [-0.2, 0) is 41.6 Å². The van der Waals surface area contributed by atoms with Crippen LogP contribution >= 0.6 is 22.6 Å². The quantitative estimate of drug-likeness (QED) is 0.0946. The molecular formula is C40H58IN5O7. The molecule has 0 saturated carbocycles. The summed E-state index contributed by atoms with van der Waals surface area (Å²) in [6, 6.07) is 14.9. The normalized spacial score (nSPS) is 16.8. The molecule has 1 aliphatic rings. The molecule has 2 aromatic rings. The van der Waals surface area contributed by atoms with Gasteiger partial charge < -0.3 is 31.1 Å². The van der Waals surface area contributed by atoms with Gasteiger partial charge in [0.15, 0.2) is 5.78 Å². The summed E-state index contributed by atoms with van der Waals surface area (Å²) in [6.45, 7) is 11.6. The minimum Gasteiger partial charge on any atom is -0.381 e. The number of rotatable bonds is 21. The van der Waals surface area contributed by atoms with Crippen molar-refractivity contribution < 1.29 is 33.8 Å². The number of Topliss-reactive ketones (excluding diaryl/α,β-unsaturated/α-hetero) is 1. The number of amides is 4. The maximum Gasteiger partial charge on any atom is 0.243 e. The highest BCUT2D eigenvalue weighted by Crippen LogP contribution is 2.17. The first-order chi connectivity index (χ1) is 25.2. The van der Waals surface area contributed by atoms with Crippen LogP contribution in [0.25, 0.3) is 0 Å². The second kappa shape index (κ2) is 22.1. The van der Waals surface area contributed by atoms with Crippen molar-refractivity contribution in [2.75, 3.05) is 37.3 Å².